The molecule has 0 fully saturated rings. The maximum absolute atomic E-state index is 12.5. The second-order valence-corrected chi connectivity index (χ2v) is 12.3. The number of hydrogen-bond acceptors (Lipinski definition) is 3. The van der Waals surface area contributed by atoms with Gasteiger partial charge in [0.05, 0.1) is 40.2 Å². The van der Waals surface area contributed by atoms with Gasteiger partial charge in [-0.25, -0.2) is 0 Å². The van der Waals surface area contributed by atoms with E-state index in [1.165, 1.54) is 76.2 Å². The zero-order valence-electron chi connectivity index (χ0n) is 22.5. The molecule has 0 amide bonds. The molecule has 0 bridgehead atoms. The van der Waals surface area contributed by atoms with E-state index in [1.54, 1.807) is 12.1 Å². The second-order valence-electron chi connectivity index (χ2n) is 10.8. The van der Waals surface area contributed by atoms with Crippen molar-refractivity contribution in [1.29, 1.82) is 0 Å². The van der Waals surface area contributed by atoms with Crippen LogP contribution in [0.25, 0.3) is 0 Å². The Morgan fingerprint density at radius 2 is 1.34 bits per heavy atom. The minimum absolute atomic E-state index is 0.269. The lowest BCUT2D eigenvalue weighted by atomic mass is 10.0. The molecule has 1 atom stereocenters. The Balaban J connectivity index is 2.30. The number of nitrogens with zero attached hydrogens (tertiary/aromatic N) is 1. The highest BCUT2D eigenvalue weighted by Crippen LogP contribution is 2.16. The molecule has 35 heavy (non-hydrogen) atoms. The van der Waals surface area contributed by atoms with Crippen molar-refractivity contribution < 1.29 is 22.8 Å². The number of aryl methyl sites for hydroxylation is 1. The predicted molar refractivity (Wildman–Crippen MR) is 146 cm³/mol. The SMILES string of the molecule is CCCCCCCCCCCCCCc1ccc(NS(=O)(=O)NC(CC(=O)O)C[N+](C)(C)C)cc1. The number of likely N-dealkylation sites (N-methyl/N-ethyl adjacent to an activating group) is 1. The first-order valence-electron chi connectivity index (χ1n) is 13.4. The van der Waals surface area contributed by atoms with E-state index < -0.39 is 22.2 Å². The molecule has 0 radical (unpaired) electrons. The number of anilines is 1. The molecule has 0 spiro atoms. The predicted octanol–water partition coefficient (Wildman–Crippen LogP) is 5.73. The highest BCUT2D eigenvalue weighted by atomic mass is 32.2. The number of aliphatic carboxylic acids is 1. The van der Waals surface area contributed by atoms with Gasteiger partial charge in [-0.2, -0.15) is 13.1 Å². The summed E-state index contributed by atoms with van der Waals surface area (Å²) >= 11 is 0. The van der Waals surface area contributed by atoms with E-state index in [2.05, 4.69) is 16.4 Å². The van der Waals surface area contributed by atoms with Crippen LogP contribution in [0.15, 0.2) is 24.3 Å². The van der Waals surface area contributed by atoms with Crippen molar-refractivity contribution in [1.82, 2.24) is 4.72 Å². The van der Waals surface area contributed by atoms with E-state index in [-0.39, 0.29) is 6.42 Å². The van der Waals surface area contributed by atoms with Gasteiger partial charge in [0.25, 0.3) is 10.2 Å². The smallest absolute Gasteiger partial charge is 0.305 e. The van der Waals surface area contributed by atoms with Gasteiger partial charge in [0.1, 0.15) is 0 Å². The van der Waals surface area contributed by atoms with Gasteiger partial charge in [-0.15, -0.1) is 0 Å². The molecular weight excluding hydrogens is 462 g/mol. The van der Waals surface area contributed by atoms with Crippen molar-refractivity contribution >= 4 is 21.9 Å². The van der Waals surface area contributed by atoms with E-state index in [0.717, 1.165) is 12.8 Å². The lowest BCUT2D eigenvalue weighted by Crippen LogP contribution is -2.50. The number of hydrogen-bond donors (Lipinski definition) is 3. The van der Waals surface area contributed by atoms with Gasteiger partial charge in [-0.05, 0) is 30.5 Å². The number of carboxylic acid groups (broad SMARTS) is 1. The fourth-order valence-electron chi connectivity index (χ4n) is 4.33. The van der Waals surface area contributed by atoms with Crippen LogP contribution in [-0.4, -0.2) is 57.7 Å². The molecule has 0 aliphatic carbocycles. The van der Waals surface area contributed by atoms with Crippen molar-refractivity contribution in [3.63, 3.8) is 0 Å². The number of quaternary nitrogens is 1. The van der Waals surface area contributed by atoms with Gasteiger partial charge in [0.15, 0.2) is 0 Å². The molecule has 1 aromatic rings. The average molecular weight is 513 g/mol. The van der Waals surface area contributed by atoms with Gasteiger partial charge >= 0.3 is 5.97 Å². The fourth-order valence-corrected chi connectivity index (χ4v) is 5.43. The molecule has 1 aromatic carbocycles. The molecule has 0 aliphatic heterocycles. The number of rotatable bonds is 21. The number of nitrogens with one attached hydrogen (secondary N) is 2. The van der Waals surface area contributed by atoms with Crippen molar-refractivity contribution in [2.45, 2.75) is 103 Å². The minimum Gasteiger partial charge on any atom is -0.481 e. The molecular formula is C27H50N3O4S+. The van der Waals surface area contributed by atoms with Crippen LogP contribution in [-0.2, 0) is 21.4 Å². The fraction of sp³-hybridized carbons (Fsp3) is 0.741. The average Bonchev–Trinajstić information content (AvgIpc) is 2.73. The highest BCUT2D eigenvalue weighted by molar-refractivity contribution is 7.90. The second kappa shape index (κ2) is 16.9. The van der Waals surface area contributed by atoms with Gasteiger partial charge in [-0.1, -0.05) is 89.7 Å². The first-order chi connectivity index (χ1) is 16.5. The van der Waals surface area contributed by atoms with Crippen molar-refractivity contribution in [3.05, 3.63) is 29.8 Å². The monoisotopic (exact) mass is 512 g/mol. The lowest BCUT2D eigenvalue weighted by Gasteiger charge is -2.29. The first-order valence-corrected chi connectivity index (χ1v) is 14.9. The Kier molecular flexibility index (Phi) is 15.2. The highest BCUT2D eigenvalue weighted by Gasteiger charge is 2.25. The molecule has 0 heterocycles. The zero-order chi connectivity index (χ0) is 26.2. The summed E-state index contributed by atoms with van der Waals surface area (Å²) in [5.74, 6) is -1.03. The van der Waals surface area contributed by atoms with Crippen molar-refractivity contribution in [2.24, 2.45) is 0 Å². The summed E-state index contributed by atoms with van der Waals surface area (Å²) in [6, 6.07) is 6.74. The molecule has 8 heteroatoms. The van der Waals surface area contributed by atoms with Crippen LogP contribution in [0.4, 0.5) is 5.69 Å². The summed E-state index contributed by atoms with van der Waals surface area (Å²) < 4.78 is 30.5. The van der Waals surface area contributed by atoms with Crippen molar-refractivity contribution in [3.8, 4) is 0 Å². The number of carboxylic acids is 1. The van der Waals surface area contributed by atoms with Crippen LogP contribution in [0, 0.1) is 0 Å². The van der Waals surface area contributed by atoms with Gasteiger partial charge in [0.2, 0.25) is 0 Å². The maximum atomic E-state index is 12.5. The maximum Gasteiger partial charge on any atom is 0.305 e. The number of benzene rings is 1. The van der Waals surface area contributed by atoms with Gasteiger partial charge in [0, 0.05) is 5.69 Å². The van der Waals surface area contributed by atoms with Gasteiger partial charge in [-0.3, -0.25) is 9.52 Å². The summed E-state index contributed by atoms with van der Waals surface area (Å²) in [5.41, 5.74) is 1.66. The van der Waals surface area contributed by atoms with Gasteiger partial charge < -0.3 is 9.59 Å². The van der Waals surface area contributed by atoms with Crippen LogP contribution >= 0.6 is 0 Å². The Bertz CT molecular complexity index is 805. The van der Waals surface area contributed by atoms with E-state index in [0.29, 0.717) is 16.7 Å². The minimum atomic E-state index is -3.88. The number of unbranched alkanes of at least 4 members (excludes halogenated alkanes) is 11. The Morgan fingerprint density at radius 1 is 0.857 bits per heavy atom. The molecule has 202 valence electrons. The summed E-state index contributed by atoms with van der Waals surface area (Å²) in [7, 11) is 1.81. The quantitative estimate of drug-likeness (QED) is 0.145. The first kappa shape index (κ1) is 31.4. The molecule has 0 saturated carbocycles. The Hall–Kier alpha value is -1.64. The van der Waals surface area contributed by atoms with Crippen LogP contribution in [0.5, 0.6) is 0 Å². The molecule has 1 rings (SSSR count). The number of carbonyl (C=O) groups is 1. The zero-order valence-corrected chi connectivity index (χ0v) is 23.3. The molecule has 0 aromatic heterocycles. The third kappa shape index (κ3) is 17.4. The summed E-state index contributed by atoms with van der Waals surface area (Å²) in [6.45, 7) is 2.62. The lowest BCUT2D eigenvalue weighted by molar-refractivity contribution is -0.871. The topological polar surface area (TPSA) is 95.5 Å². The van der Waals surface area contributed by atoms with Crippen LogP contribution in [0.3, 0.4) is 0 Å². The Morgan fingerprint density at radius 3 is 1.80 bits per heavy atom. The van der Waals surface area contributed by atoms with E-state index in [9.17, 15) is 13.2 Å². The van der Waals surface area contributed by atoms with Crippen molar-refractivity contribution in [2.75, 3.05) is 32.4 Å². The summed E-state index contributed by atoms with van der Waals surface area (Å²) in [6.07, 6.45) is 16.7. The largest absolute Gasteiger partial charge is 0.481 e. The van der Waals surface area contributed by atoms with Crippen LogP contribution < -0.4 is 9.44 Å². The van der Waals surface area contributed by atoms with E-state index in [1.807, 2.05) is 33.3 Å². The van der Waals surface area contributed by atoms with Crippen LogP contribution in [0.1, 0.15) is 96.0 Å². The summed E-state index contributed by atoms with van der Waals surface area (Å²) in [4.78, 5) is 11.1. The van der Waals surface area contributed by atoms with Crippen LogP contribution in [0.2, 0.25) is 0 Å². The normalized spacial score (nSPS) is 13.0. The molecule has 0 aliphatic rings. The third-order valence-electron chi connectivity index (χ3n) is 6.04. The Labute approximate surface area is 214 Å². The molecule has 7 nitrogen and oxygen atoms in total. The standard InChI is InChI=1S/C27H49N3O4S/c1-5-6-7-8-9-10-11-12-13-14-15-16-17-24-18-20-25(21-19-24)28-35(33,34)29-26(22-27(31)32)23-30(2,3)4/h18-21,26,28-29H,5-17,22-23H2,1-4H3/p+1. The third-order valence-corrected chi connectivity index (χ3v) is 7.18. The van der Waals surface area contributed by atoms with E-state index >= 15 is 0 Å². The molecule has 1 unspecified atom stereocenters. The molecule has 3 N–H and O–H groups in total. The summed E-state index contributed by atoms with van der Waals surface area (Å²) in [5, 5.41) is 9.12. The molecule has 0 saturated heterocycles. The van der Waals surface area contributed by atoms with E-state index in [4.69, 9.17) is 5.11 Å².